The molecule has 0 aromatic heterocycles. The van der Waals surface area contributed by atoms with E-state index >= 15 is 0 Å². The smallest absolute Gasteiger partial charge is 0.332 e. The maximum absolute atomic E-state index is 10.6. The van der Waals surface area contributed by atoms with Crippen LogP contribution >= 0.6 is 0 Å². The van der Waals surface area contributed by atoms with Crippen LogP contribution < -0.4 is 5.32 Å². The van der Waals surface area contributed by atoms with Crippen LogP contribution in [0.5, 0.6) is 0 Å². The van der Waals surface area contributed by atoms with Gasteiger partial charge < -0.3 is 14.8 Å². The molecule has 1 aliphatic rings. The van der Waals surface area contributed by atoms with Crippen LogP contribution in [0.2, 0.25) is 0 Å². The van der Waals surface area contributed by atoms with Crippen LogP contribution in [0.15, 0.2) is 12.7 Å². The molecule has 0 radical (unpaired) electrons. The van der Waals surface area contributed by atoms with Crippen LogP contribution in [0.1, 0.15) is 0 Å². The van der Waals surface area contributed by atoms with Gasteiger partial charge in [-0.05, 0) is 0 Å². The van der Waals surface area contributed by atoms with Gasteiger partial charge in [-0.15, -0.1) is 0 Å². The molecule has 1 N–H and O–H groups in total. The minimum Gasteiger partial charge on any atom is -0.431 e. The summed E-state index contributed by atoms with van der Waals surface area (Å²) < 4.78 is 9.90. The summed E-state index contributed by atoms with van der Waals surface area (Å²) in [6.45, 7) is 5.22. The zero-order valence-corrected chi connectivity index (χ0v) is 6.21. The highest BCUT2D eigenvalue weighted by molar-refractivity contribution is 5.81. The summed E-state index contributed by atoms with van der Waals surface area (Å²) in [4.78, 5) is 10.6. The van der Waals surface area contributed by atoms with E-state index in [9.17, 15) is 4.79 Å². The Labute approximate surface area is 65.2 Å². The van der Waals surface area contributed by atoms with Gasteiger partial charge in [-0.1, -0.05) is 6.58 Å². The SMILES string of the molecule is C=CC(=O)OC1CNCCO1. The summed E-state index contributed by atoms with van der Waals surface area (Å²) in [5.74, 6) is -0.446. The largest absolute Gasteiger partial charge is 0.431 e. The third-order valence-corrected chi connectivity index (χ3v) is 1.31. The molecule has 0 aromatic carbocycles. The Kier molecular flexibility index (Phi) is 3.07. The molecule has 1 aliphatic heterocycles. The van der Waals surface area contributed by atoms with Crippen molar-refractivity contribution in [1.29, 1.82) is 0 Å². The minimum atomic E-state index is -0.450. The molecule has 0 aliphatic carbocycles. The molecule has 1 fully saturated rings. The van der Waals surface area contributed by atoms with E-state index in [1.54, 1.807) is 0 Å². The highest BCUT2D eigenvalue weighted by Crippen LogP contribution is 1.98. The molecule has 4 heteroatoms. The Bertz CT molecular complexity index is 152. The number of hydrogen-bond acceptors (Lipinski definition) is 4. The normalized spacial score (nSPS) is 24.2. The summed E-state index contributed by atoms with van der Waals surface area (Å²) in [6.07, 6.45) is 0.673. The maximum Gasteiger partial charge on any atom is 0.332 e. The Morgan fingerprint density at radius 3 is 3.18 bits per heavy atom. The standard InChI is InChI=1S/C7H11NO3/c1-2-6(9)11-7-5-8-3-4-10-7/h2,7-8H,1,3-5H2. The zero-order valence-electron chi connectivity index (χ0n) is 6.21. The van der Waals surface area contributed by atoms with Crippen molar-refractivity contribution < 1.29 is 14.3 Å². The first-order valence-corrected chi connectivity index (χ1v) is 3.48. The van der Waals surface area contributed by atoms with E-state index in [0.717, 1.165) is 12.6 Å². The van der Waals surface area contributed by atoms with Gasteiger partial charge in [0.25, 0.3) is 0 Å². The van der Waals surface area contributed by atoms with Crippen LogP contribution in [0, 0.1) is 0 Å². The molecule has 1 heterocycles. The molecule has 0 bridgehead atoms. The van der Waals surface area contributed by atoms with Crippen LogP contribution in [-0.4, -0.2) is 32.0 Å². The van der Waals surface area contributed by atoms with Crippen molar-refractivity contribution in [2.24, 2.45) is 0 Å². The molecule has 62 valence electrons. The van der Waals surface area contributed by atoms with E-state index in [2.05, 4.69) is 11.9 Å². The van der Waals surface area contributed by atoms with Gasteiger partial charge in [0, 0.05) is 12.6 Å². The van der Waals surface area contributed by atoms with E-state index in [-0.39, 0.29) is 0 Å². The average Bonchev–Trinajstić information content (AvgIpc) is 2.06. The van der Waals surface area contributed by atoms with Crippen molar-refractivity contribution >= 4 is 5.97 Å². The van der Waals surface area contributed by atoms with Gasteiger partial charge in [0.15, 0.2) is 0 Å². The van der Waals surface area contributed by atoms with E-state index < -0.39 is 12.3 Å². The summed E-state index contributed by atoms with van der Waals surface area (Å²) in [5.41, 5.74) is 0. The van der Waals surface area contributed by atoms with Crippen molar-refractivity contribution in [3.8, 4) is 0 Å². The van der Waals surface area contributed by atoms with E-state index in [1.807, 2.05) is 0 Å². The van der Waals surface area contributed by atoms with Gasteiger partial charge >= 0.3 is 5.97 Å². The fourth-order valence-corrected chi connectivity index (χ4v) is 0.795. The quantitative estimate of drug-likeness (QED) is 0.440. The van der Waals surface area contributed by atoms with Crippen molar-refractivity contribution in [2.75, 3.05) is 19.7 Å². The summed E-state index contributed by atoms with van der Waals surface area (Å²) in [6, 6.07) is 0. The second-order valence-electron chi connectivity index (χ2n) is 2.15. The average molecular weight is 157 g/mol. The second-order valence-corrected chi connectivity index (χ2v) is 2.15. The number of morpholine rings is 1. The predicted molar refractivity (Wildman–Crippen MR) is 38.9 cm³/mol. The van der Waals surface area contributed by atoms with Gasteiger partial charge in [-0.3, -0.25) is 0 Å². The third kappa shape index (κ3) is 2.69. The molecule has 0 amide bonds. The highest BCUT2D eigenvalue weighted by Gasteiger charge is 2.15. The summed E-state index contributed by atoms with van der Waals surface area (Å²) in [7, 11) is 0. The molecule has 11 heavy (non-hydrogen) atoms. The van der Waals surface area contributed by atoms with Gasteiger partial charge in [-0.2, -0.15) is 0 Å². The van der Waals surface area contributed by atoms with Crippen LogP contribution in [0.4, 0.5) is 0 Å². The second kappa shape index (κ2) is 4.10. The molecule has 1 rings (SSSR count). The first kappa shape index (κ1) is 8.23. The van der Waals surface area contributed by atoms with Crippen LogP contribution in [0.25, 0.3) is 0 Å². The molecule has 4 nitrogen and oxygen atoms in total. The highest BCUT2D eigenvalue weighted by atomic mass is 16.7. The van der Waals surface area contributed by atoms with Gasteiger partial charge in [0.1, 0.15) is 0 Å². The molecule has 0 saturated carbocycles. The predicted octanol–water partition coefficient (Wildman–Crippen LogP) is -0.339. The lowest BCUT2D eigenvalue weighted by Gasteiger charge is -2.22. The first-order chi connectivity index (χ1) is 5.33. The topological polar surface area (TPSA) is 47.6 Å². The number of ether oxygens (including phenoxy) is 2. The number of esters is 1. The number of carbonyl (C=O) groups is 1. The monoisotopic (exact) mass is 157 g/mol. The van der Waals surface area contributed by atoms with Crippen LogP contribution in [0.3, 0.4) is 0 Å². The fraction of sp³-hybridized carbons (Fsp3) is 0.571. The molecular weight excluding hydrogens is 146 g/mol. The third-order valence-electron chi connectivity index (χ3n) is 1.31. The van der Waals surface area contributed by atoms with Crippen molar-refractivity contribution in [2.45, 2.75) is 6.29 Å². The fourth-order valence-electron chi connectivity index (χ4n) is 0.795. The number of nitrogens with one attached hydrogen (secondary N) is 1. The lowest BCUT2D eigenvalue weighted by atomic mass is 10.5. The van der Waals surface area contributed by atoms with Crippen molar-refractivity contribution in [3.63, 3.8) is 0 Å². The van der Waals surface area contributed by atoms with Gasteiger partial charge in [0.05, 0.1) is 13.2 Å². The Morgan fingerprint density at radius 1 is 1.82 bits per heavy atom. The Hall–Kier alpha value is -0.870. The van der Waals surface area contributed by atoms with E-state index in [0.29, 0.717) is 13.2 Å². The molecule has 0 spiro atoms. The van der Waals surface area contributed by atoms with Crippen molar-refractivity contribution in [3.05, 3.63) is 12.7 Å². The number of rotatable bonds is 2. The molecular formula is C7H11NO3. The van der Waals surface area contributed by atoms with E-state index in [1.165, 1.54) is 0 Å². The molecule has 1 atom stereocenters. The minimum absolute atomic E-state index is 0.446. The first-order valence-electron chi connectivity index (χ1n) is 3.48. The molecule has 0 aromatic rings. The van der Waals surface area contributed by atoms with E-state index in [4.69, 9.17) is 9.47 Å². The van der Waals surface area contributed by atoms with Crippen molar-refractivity contribution in [1.82, 2.24) is 5.32 Å². The molecule has 1 unspecified atom stereocenters. The lowest BCUT2D eigenvalue weighted by Crippen LogP contribution is -2.40. The lowest BCUT2D eigenvalue weighted by molar-refractivity contribution is -0.176. The maximum atomic E-state index is 10.6. The Morgan fingerprint density at radius 2 is 2.64 bits per heavy atom. The zero-order chi connectivity index (χ0) is 8.10. The number of carbonyl (C=O) groups excluding carboxylic acids is 1. The summed E-state index contributed by atoms with van der Waals surface area (Å²) in [5, 5.41) is 3.03. The van der Waals surface area contributed by atoms with Crippen LogP contribution in [-0.2, 0) is 14.3 Å². The molecule has 1 saturated heterocycles. The summed E-state index contributed by atoms with van der Waals surface area (Å²) >= 11 is 0. The van der Waals surface area contributed by atoms with Gasteiger partial charge in [-0.25, -0.2) is 4.79 Å². The number of hydrogen-bond donors (Lipinski definition) is 1. The Balaban J connectivity index is 2.24. The van der Waals surface area contributed by atoms with Gasteiger partial charge in [0.2, 0.25) is 6.29 Å².